The molecule has 1 aromatic heterocycles. The van der Waals surface area contributed by atoms with Crippen LogP contribution in [0.2, 0.25) is 0 Å². The Hall–Kier alpha value is -2.94. The Morgan fingerprint density at radius 2 is 1.62 bits per heavy atom. The molecule has 3 heterocycles. The molecule has 4 aromatic rings. The van der Waals surface area contributed by atoms with E-state index in [0.29, 0.717) is 6.04 Å². The number of benzene rings is 3. The van der Waals surface area contributed by atoms with Gasteiger partial charge in [-0.2, -0.15) is 30.9 Å². The minimum absolute atomic E-state index is 0. The van der Waals surface area contributed by atoms with Crippen molar-refractivity contribution in [1.82, 2.24) is 4.98 Å². The second-order valence-corrected chi connectivity index (χ2v) is 9.21. The normalized spacial score (nSPS) is 14.5. The van der Waals surface area contributed by atoms with Gasteiger partial charge in [0.2, 0.25) is 0 Å². The van der Waals surface area contributed by atoms with Crippen LogP contribution in [-0.4, -0.2) is 11.0 Å². The smallest absolute Gasteiger partial charge is 0.499 e. The number of anilines is 3. The molecule has 0 amide bonds. The summed E-state index contributed by atoms with van der Waals surface area (Å²) < 4.78 is 0. The number of hydrogen-bond acceptors (Lipinski definition) is 3. The molecule has 6 rings (SSSR count). The van der Waals surface area contributed by atoms with E-state index < -0.39 is 0 Å². The maximum Gasteiger partial charge on any atom is 3.00 e. The van der Waals surface area contributed by atoms with Crippen molar-refractivity contribution in [2.24, 2.45) is 0 Å². The standard InChI is InChI=1S/C19H20N2.C11H8N.Ir/c1-13(2)20-12-21-16-10-6-5-8-14(16)19(3,4)15-9-7-11-17(20)18(15)21;1-2-6-10(7-3-1)11-8-4-5-9-12-11;/h5-9,11-13H,1-4H3;1-6,8-9H;/q-2;-1;+3. The van der Waals surface area contributed by atoms with Crippen LogP contribution >= 0.6 is 0 Å². The molecular weight excluding hydrogens is 595 g/mol. The van der Waals surface area contributed by atoms with Crippen molar-refractivity contribution < 1.29 is 20.1 Å². The number of rotatable bonds is 2. The molecule has 0 fully saturated rings. The summed E-state index contributed by atoms with van der Waals surface area (Å²) in [4.78, 5) is 8.88. The minimum Gasteiger partial charge on any atom is -0.499 e. The van der Waals surface area contributed by atoms with Crippen molar-refractivity contribution in [3.8, 4) is 11.3 Å². The zero-order valence-electron chi connectivity index (χ0n) is 19.9. The molecule has 0 radical (unpaired) electrons. The van der Waals surface area contributed by atoms with Crippen LogP contribution in [0.25, 0.3) is 11.3 Å². The molecular formula is C30H28IrN3. The summed E-state index contributed by atoms with van der Waals surface area (Å²) in [6, 6.07) is 33.7. The number of nitrogens with zero attached hydrogens (tertiary/aromatic N) is 3. The van der Waals surface area contributed by atoms with E-state index >= 15 is 0 Å². The van der Waals surface area contributed by atoms with E-state index in [9.17, 15) is 0 Å². The van der Waals surface area contributed by atoms with Crippen LogP contribution in [0.4, 0.5) is 17.1 Å². The fraction of sp³-hybridized carbons (Fsp3) is 0.200. The molecule has 0 atom stereocenters. The predicted octanol–water partition coefficient (Wildman–Crippen LogP) is 7.16. The van der Waals surface area contributed by atoms with Crippen molar-refractivity contribution in [2.75, 3.05) is 9.80 Å². The van der Waals surface area contributed by atoms with E-state index in [-0.39, 0.29) is 25.5 Å². The first-order valence-electron chi connectivity index (χ1n) is 11.4. The number of hydrogen-bond donors (Lipinski definition) is 0. The van der Waals surface area contributed by atoms with Crippen LogP contribution in [0.15, 0.2) is 85.1 Å². The van der Waals surface area contributed by atoms with Crippen molar-refractivity contribution in [2.45, 2.75) is 39.2 Å². The summed E-state index contributed by atoms with van der Waals surface area (Å²) in [5.41, 5.74) is 8.57. The molecule has 0 bridgehead atoms. The summed E-state index contributed by atoms with van der Waals surface area (Å²) in [6.45, 7) is 11.3. The first-order valence-corrected chi connectivity index (χ1v) is 11.4. The number of fused-ring (bicyclic) bond motifs is 2. The molecule has 3 aromatic carbocycles. The minimum atomic E-state index is 0. The Kier molecular flexibility index (Phi) is 6.93. The molecule has 2 aliphatic heterocycles. The van der Waals surface area contributed by atoms with Crippen molar-refractivity contribution in [1.29, 1.82) is 0 Å². The third-order valence-electron chi connectivity index (χ3n) is 6.40. The fourth-order valence-electron chi connectivity index (χ4n) is 4.67. The molecule has 4 heteroatoms. The molecule has 0 saturated heterocycles. The van der Waals surface area contributed by atoms with Crippen LogP contribution in [-0.2, 0) is 25.5 Å². The molecule has 0 aliphatic carbocycles. The zero-order chi connectivity index (χ0) is 23.0. The van der Waals surface area contributed by atoms with E-state index in [1.807, 2.05) is 48.5 Å². The van der Waals surface area contributed by atoms with Crippen LogP contribution in [0, 0.1) is 18.8 Å². The van der Waals surface area contributed by atoms with Gasteiger partial charge in [0.15, 0.2) is 0 Å². The van der Waals surface area contributed by atoms with E-state index in [2.05, 4.69) is 91.6 Å². The first-order chi connectivity index (χ1) is 16.0. The number of pyridine rings is 1. The maximum atomic E-state index is 4.22. The second kappa shape index (κ2) is 9.74. The van der Waals surface area contributed by atoms with E-state index in [4.69, 9.17) is 0 Å². The Labute approximate surface area is 216 Å². The maximum absolute atomic E-state index is 4.22. The van der Waals surface area contributed by atoms with Gasteiger partial charge in [-0.3, -0.25) is 0 Å². The largest absolute Gasteiger partial charge is 3.00 e. The molecule has 172 valence electrons. The Morgan fingerprint density at radius 1 is 0.853 bits per heavy atom. The van der Waals surface area contributed by atoms with Crippen LogP contribution in [0.3, 0.4) is 0 Å². The van der Waals surface area contributed by atoms with Gasteiger partial charge in [-0.05, 0) is 48.7 Å². The predicted molar refractivity (Wildman–Crippen MR) is 136 cm³/mol. The van der Waals surface area contributed by atoms with Gasteiger partial charge in [0.25, 0.3) is 0 Å². The monoisotopic (exact) mass is 623 g/mol. The Balaban J connectivity index is 0.000000180. The van der Waals surface area contributed by atoms with Gasteiger partial charge in [0.1, 0.15) is 0 Å². The third-order valence-corrected chi connectivity index (χ3v) is 6.40. The van der Waals surface area contributed by atoms with Gasteiger partial charge in [0, 0.05) is 17.6 Å². The van der Waals surface area contributed by atoms with Gasteiger partial charge in [-0.1, -0.05) is 38.1 Å². The van der Waals surface area contributed by atoms with Crippen molar-refractivity contribution >= 4 is 17.1 Å². The van der Waals surface area contributed by atoms with Gasteiger partial charge < -0.3 is 14.8 Å². The topological polar surface area (TPSA) is 19.4 Å². The van der Waals surface area contributed by atoms with E-state index in [1.54, 1.807) is 6.20 Å². The number of aromatic nitrogens is 1. The van der Waals surface area contributed by atoms with E-state index in [0.717, 1.165) is 11.3 Å². The quantitative estimate of drug-likeness (QED) is 0.221. The Bertz CT molecular complexity index is 1220. The van der Waals surface area contributed by atoms with Gasteiger partial charge in [-0.25, -0.2) is 0 Å². The molecule has 3 nitrogen and oxygen atoms in total. The Morgan fingerprint density at radius 3 is 2.32 bits per heavy atom. The molecule has 0 saturated carbocycles. The first kappa shape index (κ1) is 24.2. The third kappa shape index (κ3) is 4.17. The fourth-order valence-corrected chi connectivity index (χ4v) is 4.67. The van der Waals surface area contributed by atoms with Gasteiger partial charge in [-0.15, -0.1) is 47.1 Å². The number of para-hydroxylation sites is 2. The zero-order valence-corrected chi connectivity index (χ0v) is 22.3. The van der Waals surface area contributed by atoms with E-state index in [1.165, 1.54) is 28.2 Å². The van der Waals surface area contributed by atoms with Crippen LogP contribution < -0.4 is 9.80 Å². The summed E-state index contributed by atoms with van der Waals surface area (Å²) >= 11 is 0. The SMILES string of the molecule is CC(C)N1[CH-]N2c3[c-]cccc3C(C)(C)c3cccc1c32.[Ir+3].[c-]1ccccc1-c1ccccn1. The van der Waals surface area contributed by atoms with Crippen LogP contribution in [0.1, 0.15) is 38.8 Å². The second-order valence-electron chi connectivity index (χ2n) is 9.21. The van der Waals surface area contributed by atoms with Gasteiger partial charge >= 0.3 is 20.1 Å². The average molecular weight is 623 g/mol. The summed E-state index contributed by atoms with van der Waals surface area (Å²) in [5.74, 6) is 0. The molecule has 0 N–H and O–H groups in total. The van der Waals surface area contributed by atoms with Gasteiger partial charge in [0.05, 0.1) is 0 Å². The molecule has 0 spiro atoms. The molecule has 34 heavy (non-hydrogen) atoms. The summed E-state index contributed by atoms with van der Waals surface area (Å²) in [6.07, 6.45) is 1.79. The van der Waals surface area contributed by atoms with Crippen LogP contribution in [0.5, 0.6) is 0 Å². The summed E-state index contributed by atoms with van der Waals surface area (Å²) in [7, 11) is 0. The average Bonchev–Trinajstić information content (AvgIpc) is 3.25. The van der Waals surface area contributed by atoms with Crippen molar-refractivity contribution in [3.05, 3.63) is 115 Å². The molecule has 0 unspecified atom stereocenters. The van der Waals surface area contributed by atoms with Crippen molar-refractivity contribution in [3.63, 3.8) is 0 Å². The summed E-state index contributed by atoms with van der Waals surface area (Å²) in [5, 5.41) is 0. The molecule has 2 aliphatic rings.